The molecule has 124 valence electrons. The van der Waals surface area contributed by atoms with Gasteiger partial charge in [0.15, 0.2) is 5.82 Å². The Morgan fingerprint density at radius 3 is 2.67 bits per heavy atom. The van der Waals surface area contributed by atoms with Gasteiger partial charge in [-0.05, 0) is 17.4 Å². The lowest BCUT2D eigenvalue weighted by molar-refractivity contribution is 0.0873. The van der Waals surface area contributed by atoms with Crippen LogP contribution in [0.2, 0.25) is 0 Å². The van der Waals surface area contributed by atoms with Crippen molar-refractivity contribution >= 4 is 23.2 Å². The highest BCUT2D eigenvalue weighted by molar-refractivity contribution is 7.09. The van der Waals surface area contributed by atoms with Crippen LogP contribution in [0, 0.1) is 5.92 Å². The summed E-state index contributed by atoms with van der Waals surface area (Å²) in [5, 5.41) is 9.70. The fraction of sp³-hybridized carbons (Fsp3) is 0.278. The molecule has 3 rings (SSSR count). The lowest BCUT2D eigenvalue weighted by atomic mass is 10.1. The zero-order valence-electron chi connectivity index (χ0n) is 13.8. The molecular formula is C18H20N4OS. The van der Waals surface area contributed by atoms with Gasteiger partial charge < -0.3 is 5.32 Å². The van der Waals surface area contributed by atoms with Crippen molar-refractivity contribution in [3.63, 3.8) is 0 Å². The van der Waals surface area contributed by atoms with Crippen LogP contribution in [-0.4, -0.2) is 20.7 Å². The topological polar surface area (TPSA) is 59.8 Å². The lowest BCUT2D eigenvalue weighted by Gasteiger charge is -2.07. The van der Waals surface area contributed by atoms with Crippen molar-refractivity contribution in [2.45, 2.75) is 26.8 Å². The van der Waals surface area contributed by atoms with E-state index in [0.717, 1.165) is 5.56 Å². The summed E-state index contributed by atoms with van der Waals surface area (Å²) in [6, 6.07) is 13.7. The molecule has 0 radical (unpaired) electrons. The number of nitrogens with zero attached hydrogens (tertiary/aromatic N) is 3. The summed E-state index contributed by atoms with van der Waals surface area (Å²) in [5.41, 5.74) is 0.896. The molecule has 0 bridgehead atoms. The van der Waals surface area contributed by atoms with Crippen LogP contribution in [0.1, 0.15) is 29.9 Å². The minimum absolute atomic E-state index is 0.0478. The number of anilines is 1. The normalized spacial score (nSPS) is 11.0. The smallest absolute Gasteiger partial charge is 0.250 e. The minimum atomic E-state index is -0.0478. The van der Waals surface area contributed by atoms with Crippen molar-refractivity contribution in [2.75, 3.05) is 5.32 Å². The van der Waals surface area contributed by atoms with Crippen LogP contribution in [0.25, 0.3) is 11.4 Å². The first-order valence-electron chi connectivity index (χ1n) is 7.95. The van der Waals surface area contributed by atoms with Crippen molar-refractivity contribution < 1.29 is 4.79 Å². The number of carbonyl (C=O) groups is 1. The van der Waals surface area contributed by atoms with Crippen molar-refractivity contribution in [1.29, 1.82) is 0 Å². The maximum atomic E-state index is 12.5. The van der Waals surface area contributed by atoms with Gasteiger partial charge in [0.05, 0.1) is 6.54 Å². The van der Waals surface area contributed by atoms with Crippen LogP contribution in [-0.2, 0) is 6.54 Å². The van der Waals surface area contributed by atoms with Crippen molar-refractivity contribution in [3.8, 4) is 11.4 Å². The van der Waals surface area contributed by atoms with Gasteiger partial charge in [-0.3, -0.25) is 4.79 Å². The highest BCUT2D eigenvalue weighted by Gasteiger charge is 2.18. The molecule has 0 fully saturated rings. The van der Waals surface area contributed by atoms with Gasteiger partial charge in [-0.25, -0.2) is 0 Å². The predicted octanol–water partition coefficient (Wildman–Crippen LogP) is 4.31. The van der Waals surface area contributed by atoms with Gasteiger partial charge in [-0.15, -0.1) is 16.4 Å². The third-order valence-corrected chi connectivity index (χ3v) is 4.34. The quantitative estimate of drug-likeness (QED) is 0.726. The molecular weight excluding hydrogens is 320 g/mol. The van der Waals surface area contributed by atoms with Gasteiger partial charge in [0.25, 0.3) is 0 Å². The first-order chi connectivity index (χ1) is 11.6. The van der Waals surface area contributed by atoms with E-state index in [2.05, 4.69) is 15.4 Å². The van der Waals surface area contributed by atoms with Gasteiger partial charge >= 0.3 is 0 Å². The largest absolute Gasteiger partial charge is 0.349 e. The number of aromatic nitrogens is 3. The Labute approximate surface area is 145 Å². The Balaban J connectivity index is 1.88. The molecule has 0 saturated carbocycles. The first kappa shape index (κ1) is 16.4. The van der Waals surface area contributed by atoms with Crippen LogP contribution in [0.3, 0.4) is 0 Å². The molecule has 2 heterocycles. The van der Waals surface area contributed by atoms with Crippen LogP contribution in [0.15, 0.2) is 47.8 Å². The van der Waals surface area contributed by atoms with Crippen molar-refractivity contribution in [2.24, 2.45) is 5.92 Å². The van der Waals surface area contributed by atoms with Crippen LogP contribution < -0.4 is 5.32 Å². The maximum absolute atomic E-state index is 12.5. The van der Waals surface area contributed by atoms with Gasteiger partial charge in [-0.2, -0.15) is 9.67 Å². The summed E-state index contributed by atoms with van der Waals surface area (Å²) in [7, 11) is 0. The molecule has 2 aromatic heterocycles. The van der Waals surface area contributed by atoms with Gasteiger partial charge in [0, 0.05) is 16.9 Å². The summed E-state index contributed by atoms with van der Waals surface area (Å²) in [6.45, 7) is 4.66. The summed E-state index contributed by atoms with van der Waals surface area (Å²) in [6.07, 6.45) is 0.436. The second-order valence-corrected chi connectivity index (χ2v) is 6.99. The second-order valence-electron chi connectivity index (χ2n) is 5.96. The van der Waals surface area contributed by atoms with Gasteiger partial charge in [-0.1, -0.05) is 50.2 Å². The maximum Gasteiger partial charge on any atom is 0.250 e. The third-order valence-electron chi connectivity index (χ3n) is 3.46. The molecule has 0 unspecified atom stereocenters. The molecule has 24 heavy (non-hydrogen) atoms. The zero-order valence-corrected chi connectivity index (χ0v) is 14.6. The molecule has 0 atom stereocenters. The molecule has 0 saturated heterocycles. The molecule has 0 aliphatic carbocycles. The van der Waals surface area contributed by atoms with E-state index in [4.69, 9.17) is 0 Å². The number of hydrogen-bond acceptors (Lipinski definition) is 5. The van der Waals surface area contributed by atoms with Gasteiger partial charge in [0.2, 0.25) is 11.9 Å². The molecule has 0 amide bonds. The third kappa shape index (κ3) is 3.89. The van der Waals surface area contributed by atoms with E-state index in [0.29, 0.717) is 24.7 Å². The number of thiophene rings is 1. The standard InChI is InChI=1S/C18H20N4OS/c1-13(2)11-16(23)22-18(19-12-15-9-6-10-24-15)20-17(21-22)14-7-4-3-5-8-14/h3-10,13H,11-12H2,1-2H3,(H,19,20,21). The zero-order chi connectivity index (χ0) is 16.9. The Bertz CT molecular complexity index is 794. The molecule has 1 aromatic carbocycles. The average molecular weight is 340 g/mol. The number of nitrogens with one attached hydrogen (secondary N) is 1. The van der Waals surface area contributed by atoms with Crippen LogP contribution in [0.5, 0.6) is 0 Å². The van der Waals surface area contributed by atoms with E-state index >= 15 is 0 Å². The Morgan fingerprint density at radius 1 is 1.21 bits per heavy atom. The Morgan fingerprint density at radius 2 is 2.00 bits per heavy atom. The molecule has 0 spiro atoms. The molecule has 1 N–H and O–H groups in total. The van der Waals surface area contributed by atoms with Crippen LogP contribution in [0.4, 0.5) is 5.95 Å². The monoisotopic (exact) mass is 340 g/mol. The molecule has 5 nitrogen and oxygen atoms in total. The molecule has 6 heteroatoms. The number of carbonyl (C=O) groups excluding carboxylic acids is 1. The van der Waals surface area contributed by atoms with E-state index in [1.165, 1.54) is 9.56 Å². The van der Waals surface area contributed by atoms with E-state index in [9.17, 15) is 4.79 Å². The van der Waals surface area contributed by atoms with Crippen LogP contribution >= 0.6 is 11.3 Å². The summed E-state index contributed by atoms with van der Waals surface area (Å²) >= 11 is 1.67. The van der Waals surface area contributed by atoms with Gasteiger partial charge in [0.1, 0.15) is 0 Å². The Hall–Kier alpha value is -2.47. The van der Waals surface area contributed by atoms with E-state index in [1.54, 1.807) is 11.3 Å². The highest BCUT2D eigenvalue weighted by Crippen LogP contribution is 2.19. The second kappa shape index (κ2) is 7.40. The average Bonchev–Trinajstić information content (AvgIpc) is 3.23. The lowest BCUT2D eigenvalue weighted by Crippen LogP contribution is -2.18. The highest BCUT2D eigenvalue weighted by atomic mass is 32.1. The SMILES string of the molecule is CC(C)CC(=O)n1nc(-c2ccccc2)nc1NCc1cccs1. The molecule has 0 aliphatic heterocycles. The Kier molecular flexibility index (Phi) is 5.05. The molecule has 0 aliphatic rings. The minimum Gasteiger partial charge on any atom is -0.349 e. The predicted molar refractivity (Wildman–Crippen MR) is 97.2 cm³/mol. The van der Waals surface area contributed by atoms with E-state index < -0.39 is 0 Å². The fourth-order valence-corrected chi connectivity index (χ4v) is 2.97. The number of hydrogen-bond donors (Lipinski definition) is 1. The van der Waals surface area contributed by atoms with Crippen molar-refractivity contribution in [3.05, 3.63) is 52.7 Å². The van der Waals surface area contributed by atoms with E-state index in [-0.39, 0.29) is 11.8 Å². The molecule has 3 aromatic rings. The fourth-order valence-electron chi connectivity index (χ4n) is 2.32. The number of rotatable bonds is 6. The summed E-state index contributed by atoms with van der Waals surface area (Å²) < 4.78 is 1.40. The number of benzene rings is 1. The van der Waals surface area contributed by atoms with Crippen molar-refractivity contribution in [1.82, 2.24) is 14.8 Å². The summed E-state index contributed by atoms with van der Waals surface area (Å²) in [5.74, 6) is 1.27. The van der Waals surface area contributed by atoms with E-state index in [1.807, 2.05) is 61.7 Å². The summed E-state index contributed by atoms with van der Waals surface area (Å²) in [4.78, 5) is 18.2. The first-order valence-corrected chi connectivity index (χ1v) is 8.83.